The lowest BCUT2D eigenvalue weighted by Crippen LogP contribution is -2.50. The van der Waals surface area contributed by atoms with E-state index in [2.05, 4.69) is 29.3 Å². The number of ether oxygens (including phenoxy) is 2. The maximum absolute atomic E-state index is 13.7. The molecule has 1 amide bonds. The fourth-order valence-corrected chi connectivity index (χ4v) is 7.07. The summed E-state index contributed by atoms with van der Waals surface area (Å²) >= 11 is 6.47. The molecule has 1 saturated heterocycles. The van der Waals surface area contributed by atoms with Crippen LogP contribution in [0.3, 0.4) is 0 Å². The predicted octanol–water partition coefficient (Wildman–Crippen LogP) is 6.82. The van der Waals surface area contributed by atoms with Gasteiger partial charge in [0, 0.05) is 50.8 Å². The quantitative estimate of drug-likeness (QED) is 0.251. The molecule has 0 radical (unpaired) electrons. The third kappa shape index (κ3) is 8.95. The van der Waals surface area contributed by atoms with Gasteiger partial charge in [0.25, 0.3) is 0 Å². The molecule has 1 aromatic carbocycles. The van der Waals surface area contributed by atoms with Gasteiger partial charge in [0.1, 0.15) is 0 Å². The van der Waals surface area contributed by atoms with E-state index in [4.69, 9.17) is 21.1 Å². The third-order valence-electron chi connectivity index (χ3n) is 8.64. The summed E-state index contributed by atoms with van der Waals surface area (Å²) in [5.74, 6) is 1.76. The zero-order valence-electron chi connectivity index (χ0n) is 23.6. The number of likely N-dealkylation sites (tertiary alicyclic amines) is 1. The fraction of sp³-hybridized carbons (Fsp3) is 0.774. The Balaban J connectivity index is 1.75. The van der Waals surface area contributed by atoms with Crippen LogP contribution in [-0.4, -0.2) is 57.8 Å². The number of rotatable bonds is 15. The summed E-state index contributed by atoms with van der Waals surface area (Å²) in [6.07, 6.45) is 13.6. The van der Waals surface area contributed by atoms with Gasteiger partial charge in [0.2, 0.25) is 5.91 Å². The number of nitrogens with one attached hydrogen (secondary N) is 1. The van der Waals surface area contributed by atoms with Gasteiger partial charge < -0.3 is 19.7 Å². The van der Waals surface area contributed by atoms with E-state index in [1.54, 1.807) is 7.11 Å². The van der Waals surface area contributed by atoms with Gasteiger partial charge in [-0.15, -0.1) is 0 Å². The molecule has 1 aliphatic heterocycles. The Morgan fingerprint density at radius 3 is 2.70 bits per heavy atom. The molecule has 0 aromatic heterocycles. The van der Waals surface area contributed by atoms with Gasteiger partial charge in [-0.25, -0.2) is 0 Å². The van der Waals surface area contributed by atoms with Crippen molar-refractivity contribution in [2.24, 2.45) is 17.8 Å². The van der Waals surface area contributed by atoms with E-state index in [0.29, 0.717) is 24.9 Å². The van der Waals surface area contributed by atoms with E-state index in [9.17, 15) is 4.79 Å². The molecule has 6 heteroatoms. The van der Waals surface area contributed by atoms with Crippen LogP contribution < -0.4 is 5.32 Å². The van der Waals surface area contributed by atoms with Crippen molar-refractivity contribution in [2.75, 3.05) is 47.0 Å². The number of methoxy groups -OCH3 is 1. The molecule has 0 spiro atoms. The first-order valence-corrected chi connectivity index (χ1v) is 15.2. The minimum atomic E-state index is -0.446. The van der Waals surface area contributed by atoms with Crippen molar-refractivity contribution in [3.63, 3.8) is 0 Å². The number of carbonyl (C=O) groups excluding carboxylic acids is 1. The van der Waals surface area contributed by atoms with E-state index >= 15 is 0 Å². The Kier molecular flexibility index (Phi) is 13.2. The molecular formula is C31H51ClN2O3. The SMILES string of the molecule is CCO[C@](CCCCOC)(c1cccc(Cl)c1)[C@@H]1CCCN(C(=O)C[C@H](CNC)CC2CCCCC2)C1. The van der Waals surface area contributed by atoms with Gasteiger partial charge in [-0.05, 0) is 88.6 Å². The van der Waals surface area contributed by atoms with Crippen LogP contribution in [0.4, 0.5) is 0 Å². The summed E-state index contributed by atoms with van der Waals surface area (Å²) in [7, 11) is 3.77. The van der Waals surface area contributed by atoms with E-state index in [0.717, 1.165) is 74.8 Å². The zero-order valence-corrected chi connectivity index (χ0v) is 24.4. The minimum Gasteiger partial charge on any atom is -0.385 e. The van der Waals surface area contributed by atoms with Gasteiger partial charge in [0.05, 0.1) is 5.60 Å². The van der Waals surface area contributed by atoms with E-state index in [1.807, 2.05) is 19.2 Å². The topological polar surface area (TPSA) is 50.8 Å². The van der Waals surface area contributed by atoms with Crippen molar-refractivity contribution >= 4 is 17.5 Å². The molecule has 210 valence electrons. The summed E-state index contributed by atoms with van der Waals surface area (Å²) in [4.78, 5) is 15.8. The van der Waals surface area contributed by atoms with Crippen molar-refractivity contribution in [1.29, 1.82) is 0 Å². The van der Waals surface area contributed by atoms with Crippen molar-refractivity contribution < 1.29 is 14.3 Å². The van der Waals surface area contributed by atoms with Crippen LogP contribution in [0.2, 0.25) is 5.02 Å². The Morgan fingerprint density at radius 2 is 2.00 bits per heavy atom. The molecular weight excluding hydrogens is 484 g/mol. The highest BCUT2D eigenvalue weighted by molar-refractivity contribution is 6.30. The second-order valence-corrected chi connectivity index (χ2v) is 11.8. The Hall–Kier alpha value is -1.14. The van der Waals surface area contributed by atoms with Gasteiger partial charge in [0.15, 0.2) is 0 Å². The lowest BCUT2D eigenvalue weighted by molar-refractivity contribution is -0.143. The largest absolute Gasteiger partial charge is 0.385 e. The average Bonchev–Trinajstić information content (AvgIpc) is 2.91. The summed E-state index contributed by atoms with van der Waals surface area (Å²) in [6.45, 7) is 5.99. The number of unbranched alkanes of at least 4 members (excludes halogenated alkanes) is 1. The maximum atomic E-state index is 13.7. The summed E-state index contributed by atoms with van der Waals surface area (Å²) in [5, 5.41) is 4.10. The molecule has 2 fully saturated rings. The molecule has 0 unspecified atom stereocenters. The maximum Gasteiger partial charge on any atom is 0.222 e. The van der Waals surface area contributed by atoms with Crippen molar-refractivity contribution in [1.82, 2.24) is 10.2 Å². The average molecular weight is 535 g/mol. The summed E-state index contributed by atoms with van der Waals surface area (Å²) < 4.78 is 12.0. The minimum absolute atomic E-state index is 0.243. The standard InChI is InChI=1S/C31H51ClN2O3/c1-4-37-31(17-8-9-19-36-3,27-14-10-16-29(32)22-27)28-15-11-18-34(24-28)30(35)21-26(23-33-2)20-25-12-6-5-7-13-25/h10,14,16,22,25-26,28,33H,4-9,11-13,15,17-21,23-24H2,1-3H3/t26-,28-,31-/m1/s1. The lowest BCUT2D eigenvalue weighted by Gasteiger charge is -2.46. The van der Waals surface area contributed by atoms with E-state index in [1.165, 1.54) is 38.5 Å². The molecule has 37 heavy (non-hydrogen) atoms. The number of halogens is 1. The summed E-state index contributed by atoms with van der Waals surface area (Å²) in [6, 6.07) is 8.19. The van der Waals surface area contributed by atoms with Crippen LogP contribution in [-0.2, 0) is 19.9 Å². The van der Waals surface area contributed by atoms with Crippen molar-refractivity contribution in [3.8, 4) is 0 Å². The molecule has 1 N–H and O–H groups in total. The number of benzene rings is 1. The Morgan fingerprint density at radius 1 is 1.19 bits per heavy atom. The number of hydrogen-bond acceptors (Lipinski definition) is 4. The second-order valence-electron chi connectivity index (χ2n) is 11.3. The third-order valence-corrected chi connectivity index (χ3v) is 8.88. The molecule has 0 bridgehead atoms. The molecule has 2 aliphatic rings. The molecule has 1 aromatic rings. The van der Waals surface area contributed by atoms with Gasteiger partial charge in [-0.2, -0.15) is 0 Å². The van der Waals surface area contributed by atoms with Crippen LogP contribution in [0.15, 0.2) is 24.3 Å². The van der Waals surface area contributed by atoms with Gasteiger partial charge in [-0.3, -0.25) is 4.79 Å². The monoisotopic (exact) mass is 534 g/mol. The van der Waals surface area contributed by atoms with Gasteiger partial charge >= 0.3 is 0 Å². The van der Waals surface area contributed by atoms with Crippen LogP contribution >= 0.6 is 11.6 Å². The first-order chi connectivity index (χ1) is 18.0. The molecule has 1 heterocycles. The number of carbonyl (C=O) groups is 1. The fourth-order valence-electron chi connectivity index (χ4n) is 6.88. The van der Waals surface area contributed by atoms with Crippen molar-refractivity contribution in [3.05, 3.63) is 34.9 Å². The smallest absolute Gasteiger partial charge is 0.222 e. The highest BCUT2D eigenvalue weighted by Crippen LogP contribution is 2.44. The van der Waals surface area contributed by atoms with Crippen LogP contribution in [0.5, 0.6) is 0 Å². The van der Waals surface area contributed by atoms with Crippen LogP contribution in [0.25, 0.3) is 0 Å². The first-order valence-electron chi connectivity index (χ1n) is 14.8. The van der Waals surface area contributed by atoms with Gasteiger partial charge in [-0.1, -0.05) is 55.8 Å². The normalized spacial score (nSPS) is 21.5. The first kappa shape index (κ1) is 30.4. The van der Waals surface area contributed by atoms with E-state index in [-0.39, 0.29) is 5.92 Å². The highest BCUT2D eigenvalue weighted by atomic mass is 35.5. The lowest BCUT2D eigenvalue weighted by atomic mass is 9.73. The predicted molar refractivity (Wildman–Crippen MR) is 153 cm³/mol. The molecule has 3 rings (SSSR count). The number of piperidine rings is 1. The number of hydrogen-bond donors (Lipinski definition) is 1. The summed E-state index contributed by atoms with van der Waals surface area (Å²) in [5.41, 5.74) is 0.697. The number of nitrogens with zero attached hydrogens (tertiary/aromatic N) is 1. The molecule has 3 atom stereocenters. The Labute approximate surface area is 231 Å². The highest BCUT2D eigenvalue weighted by Gasteiger charge is 2.43. The number of amides is 1. The van der Waals surface area contributed by atoms with Crippen LogP contribution in [0, 0.1) is 17.8 Å². The van der Waals surface area contributed by atoms with E-state index < -0.39 is 5.60 Å². The zero-order chi connectivity index (χ0) is 26.5. The van der Waals surface area contributed by atoms with Crippen LogP contribution in [0.1, 0.15) is 89.5 Å². The second kappa shape index (κ2) is 16.1. The Bertz CT molecular complexity index is 800. The molecule has 1 saturated carbocycles. The molecule has 5 nitrogen and oxygen atoms in total. The van der Waals surface area contributed by atoms with Crippen molar-refractivity contribution in [2.45, 2.75) is 89.6 Å². The molecule has 1 aliphatic carbocycles.